The molecule has 8 heteroatoms. The largest absolute Gasteiger partial charge is 0.489 e. The standard InChI is InChI=1S/C27H28N6O2/c28-13-19-11-18(1-2-26(19)35-23-5-9-34-10-6-23)25-16-31-27-24(25)12-20(14-30-27)21-15-32-33(17-21)22-3-7-29-8-4-22/h1-2,11-12,14-17,22-23,29H,3-10H2,(H,30,31). The van der Waals surface area contributed by atoms with Crippen molar-refractivity contribution in [3.8, 4) is 34.1 Å². The molecule has 2 N–H and O–H groups in total. The summed E-state index contributed by atoms with van der Waals surface area (Å²) in [6.07, 6.45) is 11.9. The first-order valence-electron chi connectivity index (χ1n) is 12.3. The van der Waals surface area contributed by atoms with Crippen LogP contribution in [0.15, 0.2) is 49.1 Å². The number of rotatable bonds is 5. The number of H-pyrrole nitrogens is 1. The Kier molecular flexibility index (Phi) is 5.94. The molecule has 2 aliphatic rings. The average Bonchev–Trinajstić information content (AvgIpc) is 3.58. The van der Waals surface area contributed by atoms with Crippen LogP contribution in [0.25, 0.3) is 33.3 Å². The Hall–Kier alpha value is -3.67. The molecule has 0 aliphatic carbocycles. The van der Waals surface area contributed by atoms with Crippen molar-refractivity contribution in [2.75, 3.05) is 26.3 Å². The zero-order chi connectivity index (χ0) is 23.6. The quantitative estimate of drug-likeness (QED) is 0.449. The molecule has 0 spiro atoms. The second-order valence-electron chi connectivity index (χ2n) is 9.27. The third kappa shape index (κ3) is 4.41. The molecule has 0 unspecified atom stereocenters. The molecule has 5 heterocycles. The molecule has 2 saturated heterocycles. The van der Waals surface area contributed by atoms with Crippen LogP contribution in [-0.4, -0.2) is 52.2 Å². The number of nitriles is 1. The summed E-state index contributed by atoms with van der Waals surface area (Å²) in [7, 11) is 0. The summed E-state index contributed by atoms with van der Waals surface area (Å²) in [5.41, 5.74) is 5.40. The Morgan fingerprint density at radius 2 is 1.89 bits per heavy atom. The Balaban J connectivity index is 1.30. The van der Waals surface area contributed by atoms with Gasteiger partial charge in [-0.1, -0.05) is 6.07 Å². The number of hydrogen-bond acceptors (Lipinski definition) is 6. The molecular weight excluding hydrogens is 440 g/mol. The summed E-state index contributed by atoms with van der Waals surface area (Å²) in [4.78, 5) is 7.93. The van der Waals surface area contributed by atoms with Crippen LogP contribution in [0, 0.1) is 11.3 Å². The second kappa shape index (κ2) is 9.53. The van der Waals surface area contributed by atoms with Crippen LogP contribution >= 0.6 is 0 Å². The number of benzene rings is 1. The Bertz CT molecular complexity index is 1370. The summed E-state index contributed by atoms with van der Waals surface area (Å²) in [5, 5.41) is 18.9. The van der Waals surface area contributed by atoms with Gasteiger partial charge in [-0.2, -0.15) is 10.4 Å². The van der Waals surface area contributed by atoms with Crippen molar-refractivity contribution < 1.29 is 9.47 Å². The van der Waals surface area contributed by atoms with E-state index < -0.39 is 0 Å². The van der Waals surface area contributed by atoms with E-state index in [1.165, 1.54) is 0 Å². The van der Waals surface area contributed by atoms with Crippen molar-refractivity contribution in [3.63, 3.8) is 0 Å². The molecule has 178 valence electrons. The molecule has 35 heavy (non-hydrogen) atoms. The van der Waals surface area contributed by atoms with Gasteiger partial charge in [0.25, 0.3) is 0 Å². The molecule has 2 fully saturated rings. The molecule has 0 saturated carbocycles. The summed E-state index contributed by atoms with van der Waals surface area (Å²) >= 11 is 0. The van der Waals surface area contributed by atoms with Gasteiger partial charge in [-0.15, -0.1) is 0 Å². The molecule has 0 amide bonds. The zero-order valence-corrected chi connectivity index (χ0v) is 19.5. The number of pyridine rings is 1. The lowest BCUT2D eigenvalue weighted by Gasteiger charge is -2.23. The van der Waals surface area contributed by atoms with Crippen LogP contribution in [0.1, 0.15) is 37.3 Å². The first kappa shape index (κ1) is 21.8. The smallest absolute Gasteiger partial charge is 0.137 e. The molecule has 0 atom stereocenters. The van der Waals surface area contributed by atoms with Gasteiger partial charge in [0.1, 0.15) is 23.6 Å². The zero-order valence-electron chi connectivity index (χ0n) is 19.5. The van der Waals surface area contributed by atoms with Crippen LogP contribution in [-0.2, 0) is 4.74 Å². The molecule has 4 aromatic rings. The predicted molar refractivity (Wildman–Crippen MR) is 133 cm³/mol. The van der Waals surface area contributed by atoms with E-state index in [9.17, 15) is 5.26 Å². The van der Waals surface area contributed by atoms with Crippen molar-refractivity contribution in [1.29, 1.82) is 5.26 Å². The van der Waals surface area contributed by atoms with Gasteiger partial charge in [0.05, 0.1) is 31.0 Å². The number of aromatic nitrogens is 4. The van der Waals surface area contributed by atoms with Crippen molar-refractivity contribution in [1.82, 2.24) is 25.1 Å². The molecule has 3 aromatic heterocycles. The van der Waals surface area contributed by atoms with Crippen molar-refractivity contribution in [3.05, 3.63) is 54.6 Å². The van der Waals surface area contributed by atoms with Crippen LogP contribution in [0.3, 0.4) is 0 Å². The minimum absolute atomic E-state index is 0.0901. The first-order chi connectivity index (χ1) is 17.3. The van der Waals surface area contributed by atoms with Gasteiger partial charge in [0, 0.05) is 53.5 Å². The van der Waals surface area contributed by atoms with Crippen LogP contribution < -0.4 is 10.1 Å². The topological polar surface area (TPSA) is 101 Å². The SMILES string of the molecule is N#Cc1cc(-c2c[nH]c3ncc(-c4cnn(C5CCNCC5)c4)cc23)ccc1OC1CCOCC1. The number of aromatic amines is 1. The van der Waals surface area contributed by atoms with Gasteiger partial charge in [-0.25, -0.2) is 4.98 Å². The number of nitrogens with zero attached hydrogens (tertiary/aromatic N) is 4. The van der Waals surface area contributed by atoms with E-state index in [1.54, 1.807) is 0 Å². The lowest BCUT2D eigenvalue weighted by atomic mass is 10.0. The minimum Gasteiger partial charge on any atom is -0.489 e. The molecular formula is C27H28N6O2. The third-order valence-corrected chi connectivity index (χ3v) is 7.02. The van der Waals surface area contributed by atoms with Crippen LogP contribution in [0.4, 0.5) is 0 Å². The fourth-order valence-corrected chi connectivity index (χ4v) is 5.02. The van der Waals surface area contributed by atoms with Crippen molar-refractivity contribution in [2.45, 2.75) is 37.8 Å². The van der Waals surface area contributed by atoms with E-state index in [0.717, 1.165) is 72.1 Å². The molecule has 2 aliphatic heterocycles. The van der Waals surface area contributed by atoms with E-state index in [2.05, 4.69) is 43.4 Å². The first-order valence-corrected chi connectivity index (χ1v) is 12.3. The lowest BCUT2D eigenvalue weighted by Crippen LogP contribution is -2.29. The number of fused-ring (bicyclic) bond motifs is 1. The van der Waals surface area contributed by atoms with Gasteiger partial charge in [0.15, 0.2) is 0 Å². The number of hydrogen-bond donors (Lipinski definition) is 2. The normalized spacial score (nSPS) is 17.5. The minimum atomic E-state index is 0.0901. The van der Waals surface area contributed by atoms with Crippen LogP contribution in [0.5, 0.6) is 5.75 Å². The van der Waals surface area contributed by atoms with Crippen molar-refractivity contribution >= 4 is 11.0 Å². The fraction of sp³-hybridized carbons (Fsp3) is 0.370. The van der Waals surface area contributed by atoms with E-state index >= 15 is 0 Å². The Morgan fingerprint density at radius 3 is 2.71 bits per heavy atom. The lowest BCUT2D eigenvalue weighted by molar-refractivity contribution is 0.0254. The summed E-state index contributed by atoms with van der Waals surface area (Å²) in [6, 6.07) is 10.7. The Labute approximate surface area is 203 Å². The van der Waals surface area contributed by atoms with Gasteiger partial charge in [-0.3, -0.25) is 4.68 Å². The highest BCUT2D eigenvalue weighted by Gasteiger charge is 2.19. The monoisotopic (exact) mass is 468 g/mol. The van der Waals surface area contributed by atoms with E-state index in [-0.39, 0.29) is 6.10 Å². The van der Waals surface area contributed by atoms with E-state index in [1.807, 2.05) is 36.8 Å². The van der Waals surface area contributed by atoms with Gasteiger partial charge < -0.3 is 19.8 Å². The summed E-state index contributed by atoms with van der Waals surface area (Å²) < 4.78 is 13.6. The molecule has 0 radical (unpaired) electrons. The third-order valence-electron chi connectivity index (χ3n) is 7.02. The summed E-state index contributed by atoms with van der Waals surface area (Å²) in [5.74, 6) is 0.632. The van der Waals surface area contributed by atoms with Crippen LogP contribution in [0.2, 0.25) is 0 Å². The highest BCUT2D eigenvalue weighted by Crippen LogP contribution is 2.34. The fourth-order valence-electron chi connectivity index (χ4n) is 5.02. The van der Waals surface area contributed by atoms with Gasteiger partial charge in [-0.05, 0) is 49.7 Å². The number of nitrogens with one attached hydrogen (secondary N) is 2. The highest BCUT2D eigenvalue weighted by molar-refractivity contribution is 5.96. The maximum Gasteiger partial charge on any atom is 0.137 e. The van der Waals surface area contributed by atoms with Gasteiger partial charge >= 0.3 is 0 Å². The van der Waals surface area contributed by atoms with E-state index in [0.29, 0.717) is 30.6 Å². The predicted octanol–water partition coefficient (Wildman–Crippen LogP) is 4.45. The van der Waals surface area contributed by atoms with E-state index in [4.69, 9.17) is 9.47 Å². The second-order valence-corrected chi connectivity index (χ2v) is 9.27. The Morgan fingerprint density at radius 1 is 1.03 bits per heavy atom. The summed E-state index contributed by atoms with van der Waals surface area (Å²) in [6.45, 7) is 3.46. The van der Waals surface area contributed by atoms with Crippen molar-refractivity contribution in [2.24, 2.45) is 0 Å². The molecule has 6 rings (SSSR count). The number of ether oxygens (including phenoxy) is 2. The average molecular weight is 469 g/mol. The van der Waals surface area contributed by atoms with Gasteiger partial charge in [0.2, 0.25) is 0 Å². The number of piperidine rings is 1. The molecule has 1 aromatic carbocycles. The molecule has 8 nitrogen and oxygen atoms in total. The highest BCUT2D eigenvalue weighted by atomic mass is 16.5. The maximum absolute atomic E-state index is 9.80. The maximum atomic E-state index is 9.80. The molecule has 0 bridgehead atoms.